The van der Waals surface area contributed by atoms with Crippen LogP contribution in [0, 0.1) is 11.6 Å². The zero-order valence-corrected chi connectivity index (χ0v) is 15.9. The SMILES string of the molecule is CCNC(=NCC1(SC)CCOCC1)NC(C)c1ccc(F)c(F)c1. The van der Waals surface area contributed by atoms with Crippen LogP contribution in [0.3, 0.4) is 0 Å². The monoisotopic (exact) mass is 371 g/mol. The Kier molecular flexibility index (Phi) is 7.50. The molecule has 2 rings (SSSR count). The maximum atomic E-state index is 13.4. The number of halogens is 2. The standard InChI is InChI=1S/C18H27F2N3OS/c1-4-21-17(22-12-18(25-3)7-9-24-10-8-18)23-13(2)14-5-6-15(19)16(20)11-14/h5-6,11,13H,4,7-10,12H2,1-3H3,(H2,21,22,23). The largest absolute Gasteiger partial charge is 0.381 e. The van der Waals surface area contributed by atoms with E-state index in [-0.39, 0.29) is 10.8 Å². The van der Waals surface area contributed by atoms with Gasteiger partial charge in [-0.1, -0.05) is 6.07 Å². The minimum Gasteiger partial charge on any atom is -0.381 e. The summed E-state index contributed by atoms with van der Waals surface area (Å²) in [5.74, 6) is -0.991. The van der Waals surface area contributed by atoms with Crippen molar-refractivity contribution in [3.05, 3.63) is 35.4 Å². The zero-order valence-electron chi connectivity index (χ0n) is 15.1. The molecule has 1 aromatic rings. The molecule has 2 N–H and O–H groups in total. The number of guanidine groups is 1. The van der Waals surface area contributed by atoms with E-state index in [1.54, 1.807) is 6.07 Å². The predicted octanol–water partition coefficient (Wildman–Crippen LogP) is 3.49. The maximum Gasteiger partial charge on any atom is 0.191 e. The Morgan fingerprint density at radius 1 is 1.32 bits per heavy atom. The lowest BCUT2D eigenvalue weighted by atomic mass is 9.99. The third-order valence-corrected chi connectivity index (χ3v) is 5.91. The van der Waals surface area contributed by atoms with Crippen LogP contribution >= 0.6 is 11.8 Å². The summed E-state index contributed by atoms with van der Waals surface area (Å²) in [5, 5.41) is 6.49. The van der Waals surface area contributed by atoms with Gasteiger partial charge in [0.15, 0.2) is 17.6 Å². The molecule has 1 aliphatic rings. The third kappa shape index (κ3) is 5.57. The van der Waals surface area contributed by atoms with E-state index in [9.17, 15) is 8.78 Å². The molecule has 0 aliphatic carbocycles. The van der Waals surface area contributed by atoms with Gasteiger partial charge in [-0.15, -0.1) is 0 Å². The minimum absolute atomic E-state index is 0.103. The number of hydrogen-bond donors (Lipinski definition) is 2. The van der Waals surface area contributed by atoms with Gasteiger partial charge < -0.3 is 15.4 Å². The summed E-state index contributed by atoms with van der Waals surface area (Å²) in [7, 11) is 0. The first-order valence-corrected chi connectivity index (χ1v) is 9.85. The van der Waals surface area contributed by atoms with Crippen LogP contribution in [-0.4, -0.2) is 43.3 Å². The number of rotatable bonds is 6. The van der Waals surface area contributed by atoms with E-state index in [1.165, 1.54) is 6.07 Å². The molecule has 1 heterocycles. The highest BCUT2D eigenvalue weighted by atomic mass is 32.2. The number of nitrogens with one attached hydrogen (secondary N) is 2. The molecule has 1 atom stereocenters. The molecule has 4 nitrogen and oxygen atoms in total. The number of hydrogen-bond acceptors (Lipinski definition) is 3. The lowest BCUT2D eigenvalue weighted by Crippen LogP contribution is -2.41. The van der Waals surface area contributed by atoms with Crippen LogP contribution in [0.25, 0.3) is 0 Å². The van der Waals surface area contributed by atoms with Crippen LogP contribution in [0.2, 0.25) is 0 Å². The van der Waals surface area contributed by atoms with Gasteiger partial charge in [0.05, 0.1) is 12.6 Å². The third-order valence-electron chi connectivity index (χ3n) is 4.50. The second-order valence-corrected chi connectivity index (χ2v) is 7.51. The number of benzene rings is 1. The fourth-order valence-electron chi connectivity index (χ4n) is 2.78. The van der Waals surface area contributed by atoms with E-state index in [2.05, 4.69) is 16.9 Å². The van der Waals surface area contributed by atoms with Crippen LogP contribution in [0.1, 0.15) is 38.3 Å². The van der Waals surface area contributed by atoms with Crippen molar-refractivity contribution in [3.63, 3.8) is 0 Å². The Labute approximate surface area is 152 Å². The summed E-state index contributed by atoms with van der Waals surface area (Å²) >= 11 is 1.84. The zero-order chi connectivity index (χ0) is 18.3. The van der Waals surface area contributed by atoms with Gasteiger partial charge in [0, 0.05) is 24.5 Å². The molecule has 0 radical (unpaired) electrons. The molecule has 1 aromatic carbocycles. The highest BCUT2D eigenvalue weighted by Gasteiger charge is 2.31. The molecule has 0 aromatic heterocycles. The Hall–Kier alpha value is -1.34. The summed E-state index contributed by atoms with van der Waals surface area (Å²) < 4.78 is 32.1. The van der Waals surface area contributed by atoms with E-state index < -0.39 is 11.6 Å². The van der Waals surface area contributed by atoms with Crippen molar-refractivity contribution in [3.8, 4) is 0 Å². The number of ether oxygens (including phenoxy) is 1. The first kappa shape index (κ1) is 20.0. The van der Waals surface area contributed by atoms with Crippen molar-refractivity contribution in [1.82, 2.24) is 10.6 Å². The van der Waals surface area contributed by atoms with Gasteiger partial charge in [-0.05, 0) is 50.6 Å². The highest BCUT2D eigenvalue weighted by Crippen LogP contribution is 2.34. The van der Waals surface area contributed by atoms with E-state index >= 15 is 0 Å². The van der Waals surface area contributed by atoms with Crippen molar-refractivity contribution in [2.24, 2.45) is 4.99 Å². The topological polar surface area (TPSA) is 45.7 Å². The van der Waals surface area contributed by atoms with Crippen molar-refractivity contribution in [1.29, 1.82) is 0 Å². The first-order chi connectivity index (χ1) is 12.0. The predicted molar refractivity (Wildman–Crippen MR) is 100 cm³/mol. The van der Waals surface area contributed by atoms with Crippen LogP contribution in [0.15, 0.2) is 23.2 Å². The minimum atomic E-state index is -0.836. The molecule has 0 amide bonds. The van der Waals surface area contributed by atoms with Gasteiger partial charge >= 0.3 is 0 Å². The maximum absolute atomic E-state index is 13.4. The average molecular weight is 371 g/mol. The van der Waals surface area contributed by atoms with Gasteiger partial charge in [-0.3, -0.25) is 4.99 Å². The molecular formula is C18H27F2N3OS. The number of aliphatic imine (C=N–C) groups is 1. The van der Waals surface area contributed by atoms with Gasteiger partial charge in [0.2, 0.25) is 0 Å². The molecule has 0 spiro atoms. The van der Waals surface area contributed by atoms with E-state index in [4.69, 9.17) is 9.73 Å². The summed E-state index contributed by atoms with van der Waals surface area (Å²) in [5.41, 5.74) is 0.676. The van der Waals surface area contributed by atoms with Crippen molar-refractivity contribution in [2.75, 3.05) is 32.6 Å². The van der Waals surface area contributed by atoms with Gasteiger partial charge in [0.25, 0.3) is 0 Å². The van der Waals surface area contributed by atoms with Gasteiger partial charge in [-0.25, -0.2) is 8.78 Å². The molecule has 1 unspecified atom stereocenters. The van der Waals surface area contributed by atoms with Crippen molar-refractivity contribution >= 4 is 17.7 Å². The quantitative estimate of drug-likeness (QED) is 0.594. The van der Waals surface area contributed by atoms with E-state index in [0.717, 1.165) is 38.7 Å². The molecule has 1 aliphatic heterocycles. The molecule has 140 valence electrons. The molecule has 0 bridgehead atoms. The molecule has 25 heavy (non-hydrogen) atoms. The van der Waals surface area contributed by atoms with Crippen LogP contribution in [0.4, 0.5) is 8.78 Å². The lowest BCUT2D eigenvalue weighted by Gasteiger charge is -2.34. The lowest BCUT2D eigenvalue weighted by molar-refractivity contribution is 0.0794. The molecule has 0 saturated carbocycles. The molecule has 1 saturated heterocycles. The Morgan fingerprint density at radius 2 is 2.04 bits per heavy atom. The van der Waals surface area contributed by atoms with Gasteiger partial charge in [0.1, 0.15) is 0 Å². The van der Waals surface area contributed by atoms with Crippen LogP contribution in [-0.2, 0) is 4.74 Å². The van der Waals surface area contributed by atoms with Crippen LogP contribution < -0.4 is 10.6 Å². The number of nitrogens with zero attached hydrogens (tertiary/aromatic N) is 1. The summed E-state index contributed by atoms with van der Waals surface area (Å²) in [6.07, 6.45) is 4.08. The number of thioether (sulfide) groups is 1. The summed E-state index contributed by atoms with van der Waals surface area (Å²) in [6.45, 7) is 6.86. The van der Waals surface area contributed by atoms with Crippen molar-refractivity contribution < 1.29 is 13.5 Å². The second kappa shape index (κ2) is 9.38. The molecule has 7 heteroatoms. The van der Waals surface area contributed by atoms with Crippen molar-refractivity contribution in [2.45, 2.75) is 37.5 Å². The van der Waals surface area contributed by atoms with E-state index in [0.29, 0.717) is 18.1 Å². The highest BCUT2D eigenvalue weighted by molar-refractivity contribution is 8.00. The van der Waals surface area contributed by atoms with Crippen LogP contribution in [0.5, 0.6) is 0 Å². The Balaban J connectivity index is 2.06. The van der Waals surface area contributed by atoms with E-state index in [1.807, 2.05) is 25.6 Å². The normalized spacial score (nSPS) is 18.7. The first-order valence-electron chi connectivity index (χ1n) is 8.62. The smallest absolute Gasteiger partial charge is 0.191 e. The Bertz CT molecular complexity index is 592. The Morgan fingerprint density at radius 3 is 2.64 bits per heavy atom. The summed E-state index contributed by atoms with van der Waals surface area (Å²) in [4.78, 5) is 4.74. The molecular weight excluding hydrogens is 344 g/mol. The fourth-order valence-corrected chi connectivity index (χ4v) is 3.55. The molecule has 1 fully saturated rings. The summed E-state index contributed by atoms with van der Waals surface area (Å²) in [6, 6.07) is 3.77. The fraction of sp³-hybridized carbons (Fsp3) is 0.611. The second-order valence-electron chi connectivity index (χ2n) is 6.23. The van der Waals surface area contributed by atoms with Gasteiger partial charge in [-0.2, -0.15) is 11.8 Å². The average Bonchev–Trinajstić information content (AvgIpc) is 2.63.